The summed E-state index contributed by atoms with van der Waals surface area (Å²) in [6.07, 6.45) is -1.60. The molecule has 2 aromatic carbocycles. The molecular formula is C21H20ClNO5. The molecule has 146 valence electrons. The maximum atomic E-state index is 12.4. The number of hydrogen-bond acceptors (Lipinski definition) is 5. The standard InChI is InChI=1S/C21H20ClNO5/c1-13(20(25)15-7-9-16(22)10-8-15)28-19(24)11-12-23-17-5-3-4-6-18(17)27-14(2)21(23)26/h3-10,13-14H,11-12H2,1-2H3. The van der Waals surface area contributed by atoms with Gasteiger partial charge in [-0.3, -0.25) is 14.4 Å². The van der Waals surface area contributed by atoms with Crippen LogP contribution in [0, 0.1) is 0 Å². The number of fused-ring (bicyclic) bond motifs is 1. The second-order valence-corrected chi connectivity index (χ2v) is 6.91. The Morgan fingerprint density at radius 2 is 1.86 bits per heavy atom. The fraction of sp³-hybridized carbons (Fsp3) is 0.286. The Morgan fingerprint density at radius 3 is 2.57 bits per heavy atom. The third-order valence-electron chi connectivity index (χ3n) is 4.42. The van der Waals surface area contributed by atoms with E-state index >= 15 is 0 Å². The van der Waals surface area contributed by atoms with E-state index in [0.29, 0.717) is 22.0 Å². The normalized spacial score (nSPS) is 16.8. The second-order valence-electron chi connectivity index (χ2n) is 6.47. The number of benzene rings is 2. The summed E-state index contributed by atoms with van der Waals surface area (Å²) in [5, 5.41) is 0.519. The summed E-state index contributed by atoms with van der Waals surface area (Å²) in [4.78, 5) is 38.5. The maximum Gasteiger partial charge on any atom is 0.308 e. The molecule has 1 heterocycles. The number of nitrogens with zero attached hydrogens (tertiary/aromatic N) is 1. The summed E-state index contributed by atoms with van der Waals surface area (Å²) in [5.41, 5.74) is 1.03. The van der Waals surface area contributed by atoms with E-state index in [1.54, 1.807) is 49.4 Å². The van der Waals surface area contributed by atoms with Gasteiger partial charge in [0.2, 0.25) is 5.78 Å². The van der Waals surface area contributed by atoms with E-state index < -0.39 is 18.2 Å². The van der Waals surface area contributed by atoms with Gasteiger partial charge in [-0.05, 0) is 50.2 Å². The van der Waals surface area contributed by atoms with Gasteiger partial charge in [0.05, 0.1) is 12.1 Å². The van der Waals surface area contributed by atoms with Crippen LogP contribution in [0.3, 0.4) is 0 Å². The highest BCUT2D eigenvalue weighted by molar-refractivity contribution is 6.30. The largest absolute Gasteiger partial charge is 0.479 e. The zero-order valence-electron chi connectivity index (χ0n) is 15.6. The Bertz CT molecular complexity index is 896. The average molecular weight is 402 g/mol. The summed E-state index contributed by atoms with van der Waals surface area (Å²) in [6.45, 7) is 3.33. The molecule has 1 amide bonds. The zero-order chi connectivity index (χ0) is 20.3. The fourth-order valence-electron chi connectivity index (χ4n) is 2.95. The van der Waals surface area contributed by atoms with Crippen molar-refractivity contribution in [1.82, 2.24) is 0 Å². The molecule has 0 N–H and O–H groups in total. The lowest BCUT2D eigenvalue weighted by atomic mass is 10.1. The van der Waals surface area contributed by atoms with Gasteiger partial charge in [-0.15, -0.1) is 0 Å². The van der Waals surface area contributed by atoms with Crippen molar-refractivity contribution in [3.8, 4) is 5.75 Å². The molecule has 0 saturated heterocycles. The van der Waals surface area contributed by atoms with Gasteiger partial charge in [0, 0.05) is 17.1 Å². The number of carbonyl (C=O) groups excluding carboxylic acids is 3. The third-order valence-corrected chi connectivity index (χ3v) is 4.67. The molecule has 7 heteroatoms. The van der Waals surface area contributed by atoms with Gasteiger partial charge in [0.1, 0.15) is 5.75 Å². The second kappa shape index (κ2) is 8.44. The first-order chi connectivity index (χ1) is 13.4. The van der Waals surface area contributed by atoms with Crippen molar-refractivity contribution in [2.45, 2.75) is 32.5 Å². The highest BCUT2D eigenvalue weighted by Gasteiger charge is 2.31. The average Bonchev–Trinajstić information content (AvgIpc) is 2.68. The number of ketones is 1. The minimum atomic E-state index is -0.930. The summed E-state index contributed by atoms with van der Waals surface area (Å²) in [5.74, 6) is -0.503. The van der Waals surface area contributed by atoms with Gasteiger partial charge in [-0.1, -0.05) is 23.7 Å². The van der Waals surface area contributed by atoms with Crippen LogP contribution >= 0.6 is 11.6 Å². The molecular weight excluding hydrogens is 382 g/mol. The molecule has 0 spiro atoms. The number of anilines is 1. The van der Waals surface area contributed by atoms with Gasteiger partial charge in [-0.2, -0.15) is 0 Å². The number of rotatable bonds is 6. The Kier molecular flexibility index (Phi) is 5.99. The molecule has 0 aromatic heterocycles. The molecule has 2 unspecified atom stereocenters. The van der Waals surface area contributed by atoms with Crippen LogP contribution in [0.5, 0.6) is 5.75 Å². The molecule has 1 aliphatic heterocycles. The number of ether oxygens (including phenoxy) is 2. The van der Waals surface area contributed by atoms with Crippen LogP contribution in [0.2, 0.25) is 5.02 Å². The molecule has 2 atom stereocenters. The predicted octanol–water partition coefficient (Wildman–Crippen LogP) is 3.66. The van der Waals surface area contributed by atoms with E-state index in [4.69, 9.17) is 21.1 Å². The van der Waals surface area contributed by atoms with Crippen LogP contribution in [-0.4, -0.2) is 36.4 Å². The summed E-state index contributed by atoms with van der Waals surface area (Å²) < 4.78 is 10.8. The first-order valence-corrected chi connectivity index (χ1v) is 9.31. The van der Waals surface area contributed by atoms with Crippen LogP contribution in [0.4, 0.5) is 5.69 Å². The summed E-state index contributed by atoms with van der Waals surface area (Å²) >= 11 is 5.82. The smallest absolute Gasteiger partial charge is 0.308 e. The van der Waals surface area contributed by atoms with Crippen molar-refractivity contribution in [2.24, 2.45) is 0 Å². The van der Waals surface area contributed by atoms with Crippen molar-refractivity contribution in [1.29, 1.82) is 0 Å². The number of esters is 1. The monoisotopic (exact) mass is 401 g/mol. The van der Waals surface area contributed by atoms with Crippen molar-refractivity contribution in [3.63, 3.8) is 0 Å². The number of amides is 1. The zero-order valence-corrected chi connectivity index (χ0v) is 16.3. The molecule has 6 nitrogen and oxygen atoms in total. The van der Waals surface area contributed by atoms with E-state index in [-0.39, 0.29) is 24.7 Å². The number of hydrogen-bond donors (Lipinski definition) is 0. The van der Waals surface area contributed by atoms with Crippen LogP contribution in [0.25, 0.3) is 0 Å². The lowest BCUT2D eigenvalue weighted by Gasteiger charge is -2.32. The van der Waals surface area contributed by atoms with Crippen molar-refractivity contribution >= 4 is 34.9 Å². The van der Waals surface area contributed by atoms with E-state index in [1.807, 2.05) is 6.07 Å². The highest BCUT2D eigenvalue weighted by atomic mass is 35.5. The van der Waals surface area contributed by atoms with Gasteiger partial charge < -0.3 is 14.4 Å². The quantitative estimate of drug-likeness (QED) is 0.545. The van der Waals surface area contributed by atoms with Gasteiger partial charge in [0.25, 0.3) is 5.91 Å². The Balaban J connectivity index is 1.60. The van der Waals surface area contributed by atoms with E-state index in [2.05, 4.69) is 0 Å². The van der Waals surface area contributed by atoms with Gasteiger partial charge in [-0.25, -0.2) is 0 Å². The number of carbonyl (C=O) groups is 3. The topological polar surface area (TPSA) is 72.9 Å². The Labute approximate surface area is 168 Å². The van der Waals surface area contributed by atoms with Crippen LogP contribution in [0.15, 0.2) is 48.5 Å². The Morgan fingerprint density at radius 1 is 1.18 bits per heavy atom. The molecule has 0 aliphatic carbocycles. The van der Waals surface area contributed by atoms with Crippen molar-refractivity contribution in [3.05, 3.63) is 59.1 Å². The van der Waals surface area contributed by atoms with Crippen LogP contribution in [-0.2, 0) is 14.3 Å². The lowest BCUT2D eigenvalue weighted by Crippen LogP contribution is -2.45. The fourth-order valence-corrected chi connectivity index (χ4v) is 3.08. The lowest BCUT2D eigenvalue weighted by molar-refractivity contribution is -0.146. The predicted molar refractivity (Wildman–Crippen MR) is 105 cm³/mol. The molecule has 3 rings (SSSR count). The molecule has 2 aromatic rings. The molecule has 0 saturated carbocycles. The summed E-state index contributed by atoms with van der Waals surface area (Å²) in [7, 11) is 0. The van der Waals surface area contributed by atoms with Crippen LogP contribution in [0.1, 0.15) is 30.6 Å². The molecule has 1 aliphatic rings. The first-order valence-electron chi connectivity index (χ1n) is 8.93. The van der Waals surface area contributed by atoms with E-state index in [1.165, 1.54) is 11.8 Å². The molecule has 0 radical (unpaired) electrons. The maximum absolute atomic E-state index is 12.4. The first kappa shape index (κ1) is 19.9. The van der Waals surface area contributed by atoms with Crippen molar-refractivity contribution in [2.75, 3.05) is 11.4 Å². The molecule has 0 bridgehead atoms. The van der Waals surface area contributed by atoms with E-state index in [0.717, 1.165) is 0 Å². The minimum Gasteiger partial charge on any atom is -0.479 e. The van der Waals surface area contributed by atoms with Gasteiger partial charge >= 0.3 is 5.97 Å². The number of halogens is 1. The van der Waals surface area contributed by atoms with Crippen molar-refractivity contribution < 1.29 is 23.9 Å². The molecule has 0 fully saturated rings. The SMILES string of the molecule is CC(OC(=O)CCN1C(=O)C(C)Oc2ccccc21)C(=O)c1ccc(Cl)cc1. The van der Waals surface area contributed by atoms with Gasteiger partial charge in [0.15, 0.2) is 12.2 Å². The summed E-state index contributed by atoms with van der Waals surface area (Å²) in [6, 6.07) is 13.5. The third kappa shape index (κ3) is 4.34. The molecule has 28 heavy (non-hydrogen) atoms. The van der Waals surface area contributed by atoms with E-state index in [9.17, 15) is 14.4 Å². The minimum absolute atomic E-state index is 0.0367. The Hall–Kier alpha value is -2.86. The highest BCUT2D eigenvalue weighted by Crippen LogP contribution is 2.33. The number of Topliss-reactive ketones (excluding diaryl/α,β-unsaturated/α-hetero) is 1. The number of para-hydroxylation sites is 2. The van der Waals surface area contributed by atoms with Crippen LogP contribution < -0.4 is 9.64 Å².